The average Bonchev–Trinajstić information content (AvgIpc) is 3.33. The van der Waals surface area contributed by atoms with E-state index in [0.717, 1.165) is 37.5 Å². The average molecular weight is 511 g/mol. The highest BCUT2D eigenvalue weighted by molar-refractivity contribution is 7.19. The van der Waals surface area contributed by atoms with Gasteiger partial charge in [0.25, 0.3) is 0 Å². The Morgan fingerprint density at radius 2 is 1.69 bits per heavy atom. The smallest absolute Gasteiger partial charge is 0.230 e. The molecule has 35 heavy (non-hydrogen) atoms. The molecule has 1 aliphatic carbocycles. The number of hydrogen-bond acceptors (Lipinski definition) is 6. The van der Waals surface area contributed by atoms with Crippen molar-refractivity contribution in [2.75, 3.05) is 7.11 Å². The van der Waals surface area contributed by atoms with Crippen LogP contribution >= 0.6 is 22.9 Å². The number of ketones is 1. The monoisotopic (exact) mass is 510 g/mol. The Hall–Kier alpha value is -2.77. The minimum atomic E-state index is -0.660. The Morgan fingerprint density at radius 1 is 1.06 bits per heavy atom. The maximum atomic E-state index is 13.3. The van der Waals surface area contributed by atoms with E-state index in [1.54, 1.807) is 7.11 Å². The number of fused-ring (bicyclic) bond motifs is 3. The first-order valence-corrected chi connectivity index (χ1v) is 12.8. The second-order valence-corrected chi connectivity index (χ2v) is 11.8. The van der Waals surface area contributed by atoms with Crippen molar-refractivity contribution >= 4 is 50.8 Å². The Bertz CT molecular complexity index is 1390. The number of imide groups is 1. The highest BCUT2D eigenvalue weighted by Crippen LogP contribution is 2.52. The summed E-state index contributed by atoms with van der Waals surface area (Å²) in [6.45, 7) is 7.96. The zero-order valence-electron chi connectivity index (χ0n) is 20.5. The van der Waals surface area contributed by atoms with Crippen molar-refractivity contribution in [1.82, 2.24) is 9.88 Å². The van der Waals surface area contributed by atoms with Gasteiger partial charge in [0.15, 0.2) is 0 Å². The first-order chi connectivity index (χ1) is 16.5. The number of rotatable bonds is 4. The van der Waals surface area contributed by atoms with Crippen LogP contribution in [-0.2, 0) is 32.8 Å². The molecule has 0 spiro atoms. The number of pyridine rings is 1. The van der Waals surface area contributed by atoms with Gasteiger partial charge in [-0.25, -0.2) is 4.98 Å². The normalized spacial score (nSPS) is 18.9. The summed E-state index contributed by atoms with van der Waals surface area (Å²) in [5, 5.41) is 1.36. The van der Waals surface area contributed by atoms with Crippen LogP contribution in [0, 0.1) is 5.41 Å². The van der Waals surface area contributed by atoms with Gasteiger partial charge >= 0.3 is 0 Å². The molecule has 6 nitrogen and oxygen atoms in total. The Labute approximate surface area is 213 Å². The molecule has 0 N–H and O–H groups in total. The van der Waals surface area contributed by atoms with Crippen molar-refractivity contribution in [2.45, 2.75) is 58.9 Å². The third-order valence-corrected chi connectivity index (χ3v) is 9.01. The molecule has 2 aromatic heterocycles. The second kappa shape index (κ2) is 8.14. The number of aromatic nitrogens is 1. The van der Waals surface area contributed by atoms with E-state index >= 15 is 0 Å². The summed E-state index contributed by atoms with van der Waals surface area (Å²) in [5.41, 5.74) is 2.09. The second-order valence-electron chi connectivity index (χ2n) is 10.5. The number of Topliss-reactive ketones (excluding diaryl/α,β-unsaturated/α-hetero) is 1. The lowest BCUT2D eigenvalue weighted by atomic mass is 9.64. The Morgan fingerprint density at radius 3 is 2.29 bits per heavy atom. The molecule has 1 saturated heterocycles. The van der Waals surface area contributed by atoms with Crippen LogP contribution < -0.4 is 4.74 Å². The summed E-state index contributed by atoms with van der Waals surface area (Å²) in [5.74, 6) is 0.509. The van der Waals surface area contributed by atoms with Gasteiger partial charge in [-0.2, -0.15) is 0 Å². The zero-order valence-corrected chi connectivity index (χ0v) is 22.0. The molecule has 1 aliphatic heterocycles. The Balaban J connectivity index is 1.79. The summed E-state index contributed by atoms with van der Waals surface area (Å²) < 4.78 is 5.34. The van der Waals surface area contributed by atoms with Crippen molar-refractivity contribution in [3.63, 3.8) is 0 Å². The summed E-state index contributed by atoms with van der Waals surface area (Å²) in [6.07, 6.45) is 1.01. The van der Waals surface area contributed by atoms with Gasteiger partial charge in [0.1, 0.15) is 16.4 Å². The molecule has 0 atom stereocenters. The molecule has 2 aliphatic rings. The van der Waals surface area contributed by atoms with Crippen molar-refractivity contribution < 1.29 is 19.1 Å². The van der Waals surface area contributed by atoms with Crippen LogP contribution in [0.2, 0.25) is 5.02 Å². The number of thiophene rings is 1. The summed E-state index contributed by atoms with van der Waals surface area (Å²) in [7, 11) is 1.62. The molecule has 3 aromatic rings. The van der Waals surface area contributed by atoms with Crippen molar-refractivity contribution in [1.29, 1.82) is 0 Å². The number of nitrogens with zero attached hydrogens (tertiary/aromatic N) is 2. The van der Waals surface area contributed by atoms with E-state index in [4.69, 9.17) is 21.3 Å². The largest absolute Gasteiger partial charge is 0.497 e. The number of methoxy groups -OCH3 is 1. The first-order valence-electron chi connectivity index (χ1n) is 11.6. The number of amides is 2. The van der Waals surface area contributed by atoms with Crippen LogP contribution in [0.25, 0.3) is 21.3 Å². The lowest BCUT2D eigenvalue weighted by molar-refractivity contribution is -0.139. The molecule has 1 fully saturated rings. The fraction of sp³-hybridized carbons (Fsp3) is 0.407. The molecule has 0 bridgehead atoms. The molecule has 0 saturated carbocycles. The molecule has 3 heterocycles. The quantitative estimate of drug-likeness (QED) is 0.420. The summed E-state index contributed by atoms with van der Waals surface area (Å²) >= 11 is 8.54. The van der Waals surface area contributed by atoms with Crippen LogP contribution in [0.5, 0.6) is 5.75 Å². The topological polar surface area (TPSA) is 76.6 Å². The van der Waals surface area contributed by atoms with Gasteiger partial charge in [0.2, 0.25) is 11.8 Å². The molecule has 182 valence electrons. The van der Waals surface area contributed by atoms with Gasteiger partial charge in [-0.3, -0.25) is 19.3 Å². The van der Waals surface area contributed by atoms with Gasteiger partial charge in [0, 0.05) is 34.1 Å². The van der Waals surface area contributed by atoms with Gasteiger partial charge in [-0.1, -0.05) is 37.6 Å². The summed E-state index contributed by atoms with van der Waals surface area (Å²) in [4.78, 5) is 45.9. The number of likely N-dealkylation sites (tertiary alicyclic amines) is 1. The van der Waals surface area contributed by atoms with Crippen LogP contribution in [-0.4, -0.2) is 34.6 Å². The van der Waals surface area contributed by atoms with E-state index < -0.39 is 10.8 Å². The maximum Gasteiger partial charge on any atom is 0.230 e. The van der Waals surface area contributed by atoms with E-state index in [-0.39, 0.29) is 37.0 Å². The molecule has 2 amide bonds. The number of benzene rings is 1. The fourth-order valence-corrected chi connectivity index (χ4v) is 7.07. The number of halogens is 1. The predicted molar refractivity (Wildman–Crippen MR) is 137 cm³/mol. The zero-order chi connectivity index (χ0) is 25.3. The third-order valence-electron chi connectivity index (χ3n) is 7.16. The van der Waals surface area contributed by atoms with Crippen LogP contribution in [0.3, 0.4) is 0 Å². The van der Waals surface area contributed by atoms with Gasteiger partial charge in [-0.05, 0) is 43.5 Å². The fourth-order valence-electron chi connectivity index (χ4n) is 5.44. The molecule has 5 rings (SSSR count). The SMILES string of the molecule is COc1ccc(-c2c(Cl)c(CN3C(=O)CCC3=O)nc3sc4c(c23)CC(C)(C)C(=O)C4(C)C)cc1. The van der Waals surface area contributed by atoms with Crippen molar-refractivity contribution in [3.8, 4) is 16.9 Å². The minimum absolute atomic E-state index is 0.0337. The van der Waals surface area contributed by atoms with Crippen LogP contribution in [0.15, 0.2) is 24.3 Å². The predicted octanol–water partition coefficient (Wildman–Crippen LogP) is 5.70. The minimum Gasteiger partial charge on any atom is -0.497 e. The van der Waals surface area contributed by atoms with E-state index in [2.05, 4.69) is 0 Å². The van der Waals surface area contributed by atoms with Gasteiger partial charge in [-0.15, -0.1) is 11.3 Å². The van der Waals surface area contributed by atoms with Gasteiger partial charge in [0.05, 0.1) is 29.8 Å². The molecule has 1 aromatic carbocycles. The van der Waals surface area contributed by atoms with E-state index in [1.807, 2.05) is 52.0 Å². The summed E-state index contributed by atoms with van der Waals surface area (Å²) in [6, 6.07) is 7.65. The standard InChI is InChI=1S/C27H27ClN2O4S/c1-26(2)12-16-21-20(14-6-8-15(34-5)9-7-14)22(28)17(13-30-18(31)10-11-19(30)32)29-24(21)35-23(16)27(3,4)25(26)33/h6-9H,10-13H2,1-5H3. The third kappa shape index (κ3) is 3.67. The van der Waals surface area contributed by atoms with Crippen molar-refractivity contribution in [2.24, 2.45) is 5.41 Å². The lowest BCUT2D eigenvalue weighted by Gasteiger charge is -2.38. The number of hydrogen-bond donors (Lipinski definition) is 0. The number of ether oxygens (including phenoxy) is 1. The van der Waals surface area contributed by atoms with Crippen LogP contribution in [0.1, 0.15) is 56.7 Å². The lowest BCUT2D eigenvalue weighted by Crippen LogP contribution is -2.45. The van der Waals surface area contributed by atoms with E-state index in [9.17, 15) is 14.4 Å². The highest BCUT2D eigenvalue weighted by atomic mass is 35.5. The molecular weight excluding hydrogens is 484 g/mol. The molecule has 0 unspecified atom stereocenters. The Kier molecular flexibility index (Phi) is 5.57. The highest BCUT2D eigenvalue weighted by Gasteiger charge is 2.48. The van der Waals surface area contributed by atoms with Gasteiger partial charge < -0.3 is 4.74 Å². The van der Waals surface area contributed by atoms with Crippen LogP contribution in [0.4, 0.5) is 0 Å². The maximum absolute atomic E-state index is 13.3. The van der Waals surface area contributed by atoms with E-state index in [0.29, 0.717) is 17.1 Å². The number of carbonyl (C=O) groups excluding carboxylic acids is 3. The number of carbonyl (C=O) groups is 3. The first kappa shape index (κ1) is 23.9. The molecule has 8 heteroatoms. The molecule has 0 radical (unpaired) electrons. The van der Waals surface area contributed by atoms with E-state index in [1.165, 1.54) is 16.2 Å². The molecular formula is C27H27ClN2O4S. The van der Waals surface area contributed by atoms with Crippen molar-refractivity contribution in [3.05, 3.63) is 45.4 Å².